The van der Waals surface area contributed by atoms with Crippen LogP contribution in [0.5, 0.6) is 0 Å². The lowest BCUT2D eigenvalue weighted by Crippen LogP contribution is -2.41. The number of hydrogen-bond acceptors (Lipinski definition) is 5. The van der Waals surface area contributed by atoms with Gasteiger partial charge in [0.2, 0.25) is 5.95 Å². The molecule has 1 fully saturated rings. The Morgan fingerprint density at radius 1 is 1.26 bits per heavy atom. The zero-order chi connectivity index (χ0) is 16.1. The first-order valence-electron chi connectivity index (χ1n) is 7.51. The van der Waals surface area contributed by atoms with Gasteiger partial charge in [0.1, 0.15) is 5.82 Å². The van der Waals surface area contributed by atoms with Crippen molar-refractivity contribution in [3.8, 4) is 0 Å². The molecule has 0 spiro atoms. The van der Waals surface area contributed by atoms with E-state index in [1.165, 1.54) is 6.07 Å². The highest BCUT2D eigenvalue weighted by molar-refractivity contribution is 9.10. The van der Waals surface area contributed by atoms with E-state index in [0.29, 0.717) is 25.7 Å². The molecule has 7 heteroatoms. The van der Waals surface area contributed by atoms with Gasteiger partial charge in [0.05, 0.1) is 23.7 Å². The van der Waals surface area contributed by atoms with Gasteiger partial charge in [-0.15, -0.1) is 0 Å². The van der Waals surface area contributed by atoms with Crippen molar-refractivity contribution in [2.75, 3.05) is 38.2 Å². The second-order valence-corrected chi connectivity index (χ2v) is 6.24. The molecule has 0 amide bonds. The van der Waals surface area contributed by atoms with Gasteiger partial charge in [0.15, 0.2) is 0 Å². The fraction of sp³-hybridized carbons (Fsp3) is 0.375. The van der Waals surface area contributed by atoms with Gasteiger partial charge in [0.25, 0.3) is 0 Å². The van der Waals surface area contributed by atoms with Crippen LogP contribution in [0, 0.1) is 5.82 Å². The maximum absolute atomic E-state index is 13.6. The van der Waals surface area contributed by atoms with E-state index in [2.05, 4.69) is 36.1 Å². The van der Waals surface area contributed by atoms with Gasteiger partial charge in [-0.1, -0.05) is 12.1 Å². The molecule has 2 heterocycles. The van der Waals surface area contributed by atoms with Crippen molar-refractivity contribution in [1.82, 2.24) is 14.9 Å². The number of rotatable bonds is 5. The summed E-state index contributed by atoms with van der Waals surface area (Å²) in [6.07, 6.45) is 3.39. The fourth-order valence-electron chi connectivity index (χ4n) is 2.65. The molecule has 1 N–H and O–H groups in total. The number of morpholine rings is 1. The number of aromatic nitrogens is 2. The second-order valence-electron chi connectivity index (χ2n) is 5.32. The van der Waals surface area contributed by atoms with Gasteiger partial charge in [-0.2, -0.15) is 0 Å². The largest absolute Gasteiger partial charge is 0.379 e. The summed E-state index contributed by atoms with van der Waals surface area (Å²) in [6, 6.07) is 6.79. The summed E-state index contributed by atoms with van der Waals surface area (Å²) in [4.78, 5) is 10.7. The van der Waals surface area contributed by atoms with Crippen molar-refractivity contribution in [3.05, 3.63) is 52.5 Å². The predicted molar refractivity (Wildman–Crippen MR) is 89.8 cm³/mol. The molecule has 2 aromatic rings. The van der Waals surface area contributed by atoms with Crippen LogP contribution in [0.2, 0.25) is 0 Å². The lowest BCUT2D eigenvalue weighted by Gasteiger charge is -2.34. The molecule has 5 nitrogen and oxygen atoms in total. The minimum absolute atomic E-state index is 0.0434. The van der Waals surface area contributed by atoms with E-state index < -0.39 is 0 Å². The van der Waals surface area contributed by atoms with E-state index in [1.807, 2.05) is 6.07 Å². The Morgan fingerprint density at radius 3 is 2.70 bits per heavy atom. The fourth-order valence-corrected chi connectivity index (χ4v) is 2.86. The van der Waals surface area contributed by atoms with Crippen LogP contribution < -0.4 is 5.32 Å². The van der Waals surface area contributed by atoms with Crippen LogP contribution in [0.1, 0.15) is 11.6 Å². The number of anilines is 1. The first kappa shape index (κ1) is 16.3. The van der Waals surface area contributed by atoms with Crippen molar-refractivity contribution in [2.45, 2.75) is 6.04 Å². The maximum Gasteiger partial charge on any atom is 0.222 e. The Kier molecular flexibility index (Phi) is 5.53. The third-order valence-electron chi connectivity index (χ3n) is 3.79. The van der Waals surface area contributed by atoms with Gasteiger partial charge in [0, 0.05) is 32.0 Å². The molecule has 0 saturated carbocycles. The van der Waals surface area contributed by atoms with Crippen LogP contribution in [0.4, 0.5) is 10.3 Å². The molecule has 1 aromatic heterocycles. The van der Waals surface area contributed by atoms with Gasteiger partial charge in [-0.25, -0.2) is 14.4 Å². The van der Waals surface area contributed by atoms with Crippen LogP contribution in [0.25, 0.3) is 0 Å². The number of nitrogens with one attached hydrogen (secondary N) is 1. The first-order valence-corrected chi connectivity index (χ1v) is 8.30. The third-order valence-corrected chi connectivity index (χ3v) is 4.20. The summed E-state index contributed by atoms with van der Waals surface area (Å²) in [5, 5.41) is 3.24. The molecule has 1 aromatic carbocycles. The Bertz CT molecular complexity index is 634. The minimum Gasteiger partial charge on any atom is -0.379 e. The molecule has 1 saturated heterocycles. The Hall–Kier alpha value is -1.57. The molecule has 1 atom stereocenters. The Morgan fingerprint density at radius 2 is 2.00 bits per heavy atom. The lowest BCUT2D eigenvalue weighted by atomic mass is 10.0. The summed E-state index contributed by atoms with van der Waals surface area (Å²) >= 11 is 3.32. The topological polar surface area (TPSA) is 50.3 Å². The van der Waals surface area contributed by atoms with Crippen molar-refractivity contribution in [2.24, 2.45) is 0 Å². The van der Waals surface area contributed by atoms with Crippen LogP contribution in [0.3, 0.4) is 0 Å². The normalized spacial score (nSPS) is 17.0. The van der Waals surface area contributed by atoms with E-state index in [1.54, 1.807) is 24.5 Å². The second kappa shape index (κ2) is 7.81. The molecule has 0 aliphatic carbocycles. The molecule has 23 heavy (non-hydrogen) atoms. The standard InChI is InChI=1S/C16H18BrFN4O/c17-13-9-19-16(20-10-13)21-11-15(22-4-6-23-7-5-22)12-2-1-3-14(18)8-12/h1-3,8-10,15H,4-7,11H2,(H,19,20,21). The van der Waals surface area contributed by atoms with E-state index in [9.17, 15) is 4.39 Å². The van der Waals surface area contributed by atoms with E-state index in [0.717, 1.165) is 23.1 Å². The lowest BCUT2D eigenvalue weighted by molar-refractivity contribution is 0.0186. The number of halogens is 2. The highest BCUT2D eigenvalue weighted by Gasteiger charge is 2.23. The molecule has 0 radical (unpaired) electrons. The Labute approximate surface area is 143 Å². The molecule has 0 bridgehead atoms. The molecule has 1 aliphatic heterocycles. The number of benzene rings is 1. The Balaban J connectivity index is 1.75. The first-order chi connectivity index (χ1) is 11.2. The summed E-state index contributed by atoms with van der Waals surface area (Å²) in [5.41, 5.74) is 0.941. The summed E-state index contributed by atoms with van der Waals surface area (Å²) in [5.74, 6) is 0.337. The maximum atomic E-state index is 13.6. The van der Waals surface area contributed by atoms with Crippen LogP contribution >= 0.6 is 15.9 Å². The predicted octanol–water partition coefficient (Wildman–Crippen LogP) is 2.86. The highest BCUT2D eigenvalue weighted by atomic mass is 79.9. The molecular weight excluding hydrogens is 363 g/mol. The summed E-state index contributed by atoms with van der Waals surface area (Å²) < 4.78 is 19.9. The van der Waals surface area contributed by atoms with Crippen molar-refractivity contribution >= 4 is 21.9 Å². The molecule has 3 rings (SSSR count). The zero-order valence-corrected chi connectivity index (χ0v) is 14.2. The van der Waals surface area contributed by atoms with Crippen molar-refractivity contribution in [1.29, 1.82) is 0 Å². The average Bonchev–Trinajstić information content (AvgIpc) is 2.58. The zero-order valence-electron chi connectivity index (χ0n) is 12.6. The van der Waals surface area contributed by atoms with E-state index in [-0.39, 0.29) is 11.9 Å². The van der Waals surface area contributed by atoms with Crippen molar-refractivity contribution < 1.29 is 9.13 Å². The average molecular weight is 381 g/mol. The molecule has 1 aliphatic rings. The van der Waals surface area contributed by atoms with Gasteiger partial charge in [-0.05, 0) is 33.6 Å². The van der Waals surface area contributed by atoms with E-state index >= 15 is 0 Å². The monoisotopic (exact) mass is 380 g/mol. The number of hydrogen-bond donors (Lipinski definition) is 1. The molecular formula is C16H18BrFN4O. The molecule has 1 unspecified atom stereocenters. The molecule has 122 valence electrons. The highest BCUT2D eigenvalue weighted by Crippen LogP contribution is 2.23. The summed E-state index contributed by atoms with van der Waals surface area (Å²) in [7, 11) is 0. The van der Waals surface area contributed by atoms with Gasteiger partial charge in [-0.3, -0.25) is 4.90 Å². The van der Waals surface area contributed by atoms with E-state index in [4.69, 9.17) is 4.74 Å². The SMILES string of the molecule is Fc1cccc(C(CNc2ncc(Br)cn2)N2CCOCC2)c1. The van der Waals surface area contributed by atoms with Crippen molar-refractivity contribution in [3.63, 3.8) is 0 Å². The van der Waals surface area contributed by atoms with Crippen LogP contribution in [0.15, 0.2) is 41.1 Å². The minimum atomic E-state index is -0.222. The van der Waals surface area contributed by atoms with Crippen LogP contribution in [-0.2, 0) is 4.74 Å². The third kappa shape index (κ3) is 4.46. The van der Waals surface area contributed by atoms with Gasteiger partial charge >= 0.3 is 0 Å². The van der Waals surface area contributed by atoms with Crippen LogP contribution in [-0.4, -0.2) is 47.7 Å². The summed E-state index contributed by atoms with van der Waals surface area (Å²) in [6.45, 7) is 3.64. The quantitative estimate of drug-likeness (QED) is 0.863. The number of nitrogens with zero attached hydrogens (tertiary/aromatic N) is 3. The number of ether oxygens (including phenoxy) is 1. The van der Waals surface area contributed by atoms with Gasteiger partial charge < -0.3 is 10.1 Å². The smallest absolute Gasteiger partial charge is 0.222 e.